The van der Waals surface area contributed by atoms with Gasteiger partial charge in [-0.25, -0.2) is 0 Å². The van der Waals surface area contributed by atoms with Gasteiger partial charge in [0.1, 0.15) is 0 Å². The second-order valence-electron chi connectivity index (χ2n) is 5.91. The maximum absolute atomic E-state index is 12.2. The van der Waals surface area contributed by atoms with Crippen molar-refractivity contribution in [2.24, 2.45) is 11.8 Å². The lowest BCUT2D eigenvalue weighted by Crippen LogP contribution is -2.39. The lowest BCUT2D eigenvalue weighted by Gasteiger charge is -2.32. The fourth-order valence-corrected chi connectivity index (χ4v) is 3.80. The summed E-state index contributed by atoms with van der Waals surface area (Å²) in [7, 11) is 0. The monoisotopic (exact) mass is 351 g/mol. The predicted octanol–water partition coefficient (Wildman–Crippen LogP) is 2.88. The molecule has 1 N–H and O–H groups in total. The highest BCUT2D eigenvalue weighted by atomic mass is 79.9. The molecule has 1 aliphatic carbocycles. The van der Waals surface area contributed by atoms with Crippen LogP contribution in [-0.4, -0.2) is 35.0 Å². The molecule has 4 nitrogen and oxygen atoms in total. The molecule has 2 fully saturated rings. The number of carbonyl (C=O) groups excluding carboxylic acids is 1. The number of likely N-dealkylation sites (tertiary alicyclic amines) is 1. The molecular weight excluding hydrogens is 334 g/mol. The number of halogens is 1. The fraction of sp³-hybridized carbons (Fsp3) is 0.500. The summed E-state index contributed by atoms with van der Waals surface area (Å²) in [4.78, 5) is 24.9. The SMILES string of the molecule is O=C(O)C1CC1C(=O)N1CCC(c2ccccc2Br)CC1. The van der Waals surface area contributed by atoms with Gasteiger partial charge in [-0.15, -0.1) is 0 Å². The number of benzene rings is 1. The van der Waals surface area contributed by atoms with Gasteiger partial charge in [-0.2, -0.15) is 0 Å². The van der Waals surface area contributed by atoms with Gasteiger partial charge >= 0.3 is 5.97 Å². The fourth-order valence-electron chi connectivity index (χ4n) is 3.19. The normalized spacial score (nSPS) is 25.7. The topological polar surface area (TPSA) is 57.6 Å². The Bertz CT molecular complexity index is 566. The zero-order chi connectivity index (χ0) is 15.0. The van der Waals surface area contributed by atoms with Crippen molar-refractivity contribution in [1.82, 2.24) is 4.90 Å². The number of carbonyl (C=O) groups is 2. The first-order valence-electron chi connectivity index (χ1n) is 7.34. The number of aliphatic carboxylic acids is 1. The number of amides is 1. The minimum atomic E-state index is -0.837. The molecule has 1 aliphatic heterocycles. The van der Waals surface area contributed by atoms with Crippen molar-refractivity contribution < 1.29 is 14.7 Å². The zero-order valence-corrected chi connectivity index (χ0v) is 13.3. The van der Waals surface area contributed by atoms with E-state index in [1.54, 1.807) is 0 Å². The van der Waals surface area contributed by atoms with Crippen molar-refractivity contribution >= 4 is 27.8 Å². The van der Waals surface area contributed by atoms with Crippen molar-refractivity contribution in [3.05, 3.63) is 34.3 Å². The number of carboxylic acid groups (broad SMARTS) is 1. The molecule has 1 heterocycles. The maximum atomic E-state index is 12.2. The van der Waals surface area contributed by atoms with Gasteiger partial charge in [-0.3, -0.25) is 9.59 Å². The standard InChI is InChI=1S/C16H18BrNO3/c17-14-4-2-1-3-11(14)10-5-7-18(8-6-10)15(19)12-9-13(12)16(20)21/h1-4,10,12-13H,5-9H2,(H,20,21). The largest absolute Gasteiger partial charge is 0.481 e. The lowest BCUT2D eigenvalue weighted by atomic mass is 9.89. The van der Waals surface area contributed by atoms with E-state index in [-0.39, 0.29) is 11.8 Å². The predicted molar refractivity (Wildman–Crippen MR) is 81.9 cm³/mol. The Labute approximate surface area is 132 Å². The average molecular weight is 352 g/mol. The van der Waals surface area contributed by atoms with Crippen molar-refractivity contribution in [1.29, 1.82) is 0 Å². The van der Waals surface area contributed by atoms with Crippen LogP contribution >= 0.6 is 15.9 Å². The van der Waals surface area contributed by atoms with E-state index in [2.05, 4.69) is 28.1 Å². The molecule has 1 saturated carbocycles. The minimum Gasteiger partial charge on any atom is -0.481 e. The summed E-state index contributed by atoms with van der Waals surface area (Å²) in [5.74, 6) is -1.05. The van der Waals surface area contributed by atoms with Crippen LogP contribution in [0.25, 0.3) is 0 Å². The number of carboxylic acids is 1. The highest BCUT2D eigenvalue weighted by molar-refractivity contribution is 9.10. The van der Waals surface area contributed by atoms with E-state index in [1.165, 1.54) is 5.56 Å². The van der Waals surface area contributed by atoms with E-state index >= 15 is 0 Å². The van der Waals surface area contributed by atoms with E-state index < -0.39 is 11.9 Å². The molecule has 21 heavy (non-hydrogen) atoms. The van der Waals surface area contributed by atoms with E-state index in [0.717, 1.165) is 30.4 Å². The van der Waals surface area contributed by atoms with Crippen LogP contribution in [0, 0.1) is 11.8 Å². The molecule has 2 aliphatic rings. The first kappa shape index (κ1) is 14.6. The average Bonchev–Trinajstić information content (AvgIpc) is 3.28. The van der Waals surface area contributed by atoms with Crippen LogP contribution in [0.4, 0.5) is 0 Å². The Hall–Kier alpha value is -1.36. The van der Waals surface area contributed by atoms with Gasteiger partial charge in [0.25, 0.3) is 0 Å². The molecule has 0 radical (unpaired) electrons. The van der Waals surface area contributed by atoms with Gasteiger partial charge in [0, 0.05) is 17.6 Å². The van der Waals surface area contributed by atoms with Gasteiger partial charge in [0.05, 0.1) is 11.8 Å². The molecule has 1 amide bonds. The molecule has 112 valence electrons. The molecule has 5 heteroatoms. The van der Waals surface area contributed by atoms with Crippen LogP contribution in [0.1, 0.15) is 30.7 Å². The quantitative estimate of drug-likeness (QED) is 0.910. The summed E-state index contributed by atoms with van der Waals surface area (Å²) in [6, 6.07) is 8.23. The van der Waals surface area contributed by atoms with Crippen LogP contribution < -0.4 is 0 Å². The van der Waals surface area contributed by atoms with E-state index in [1.807, 2.05) is 17.0 Å². The third kappa shape index (κ3) is 2.98. The molecule has 2 atom stereocenters. The molecule has 0 spiro atoms. The molecular formula is C16H18BrNO3. The van der Waals surface area contributed by atoms with Crippen LogP contribution in [0.15, 0.2) is 28.7 Å². The first-order valence-corrected chi connectivity index (χ1v) is 8.13. The second kappa shape index (κ2) is 5.79. The van der Waals surface area contributed by atoms with Crippen LogP contribution in [-0.2, 0) is 9.59 Å². The highest BCUT2D eigenvalue weighted by Gasteiger charge is 2.50. The summed E-state index contributed by atoms with van der Waals surface area (Å²) in [5, 5.41) is 8.92. The highest BCUT2D eigenvalue weighted by Crippen LogP contribution is 2.41. The van der Waals surface area contributed by atoms with Crippen LogP contribution in [0.5, 0.6) is 0 Å². The van der Waals surface area contributed by atoms with Gasteiger partial charge in [-0.1, -0.05) is 34.1 Å². The number of hydrogen-bond donors (Lipinski definition) is 1. The Morgan fingerprint density at radius 1 is 1.14 bits per heavy atom. The summed E-state index contributed by atoms with van der Waals surface area (Å²) in [6.07, 6.45) is 2.40. The van der Waals surface area contributed by atoms with Gasteiger partial charge in [0.2, 0.25) is 5.91 Å². The Balaban J connectivity index is 1.57. The summed E-state index contributed by atoms with van der Waals surface area (Å²) < 4.78 is 1.13. The van der Waals surface area contributed by atoms with Gasteiger partial charge in [0.15, 0.2) is 0 Å². The lowest BCUT2D eigenvalue weighted by molar-refractivity contribution is -0.142. The molecule has 3 rings (SSSR count). The van der Waals surface area contributed by atoms with E-state index in [9.17, 15) is 9.59 Å². The number of piperidine rings is 1. The molecule has 1 saturated heterocycles. The molecule has 1 aromatic rings. The summed E-state index contributed by atoms with van der Waals surface area (Å²) in [5.41, 5.74) is 1.31. The number of hydrogen-bond acceptors (Lipinski definition) is 2. The summed E-state index contributed by atoms with van der Waals surface area (Å²) >= 11 is 3.59. The van der Waals surface area contributed by atoms with Crippen LogP contribution in [0.3, 0.4) is 0 Å². The van der Waals surface area contributed by atoms with Gasteiger partial charge in [-0.05, 0) is 36.8 Å². The molecule has 1 aromatic carbocycles. The van der Waals surface area contributed by atoms with Crippen molar-refractivity contribution in [2.45, 2.75) is 25.2 Å². The Morgan fingerprint density at radius 3 is 2.38 bits per heavy atom. The van der Waals surface area contributed by atoms with Crippen molar-refractivity contribution in [3.8, 4) is 0 Å². The molecule has 0 aromatic heterocycles. The molecule has 0 bridgehead atoms. The number of rotatable bonds is 3. The summed E-state index contributed by atoms with van der Waals surface area (Å²) in [6.45, 7) is 1.46. The first-order chi connectivity index (χ1) is 10.1. The third-order valence-electron chi connectivity index (χ3n) is 4.58. The minimum absolute atomic E-state index is 0.0352. The Kier molecular flexibility index (Phi) is 4.02. The smallest absolute Gasteiger partial charge is 0.307 e. The Morgan fingerprint density at radius 2 is 1.81 bits per heavy atom. The third-order valence-corrected chi connectivity index (χ3v) is 5.30. The van der Waals surface area contributed by atoms with Crippen molar-refractivity contribution in [2.75, 3.05) is 13.1 Å². The number of nitrogens with zero attached hydrogens (tertiary/aromatic N) is 1. The van der Waals surface area contributed by atoms with Crippen molar-refractivity contribution in [3.63, 3.8) is 0 Å². The molecule has 2 unspecified atom stereocenters. The van der Waals surface area contributed by atoms with Gasteiger partial charge < -0.3 is 10.0 Å². The maximum Gasteiger partial charge on any atom is 0.307 e. The van der Waals surface area contributed by atoms with E-state index in [0.29, 0.717) is 12.3 Å². The van der Waals surface area contributed by atoms with Crippen LogP contribution in [0.2, 0.25) is 0 Å². The second-order valence-corrected chi connectivity index (χ2v) is 6.76. The zero-order valence-electron chi connectivity index (χ0n) is 11.7. The van der Waals surface area contributed by atoms with E-state index in [4.69, 9.17) is 5.11 Å².